The Labute approximate surface area is 62.2 Å². The molecule has 60 valence electrons. The van der Waals surface area contributed by atoms with Gasteiger partial charge in [0.05, 0.1) is 13.1 Å². The minimum Gasteiger partial charge on any atom is -0.633 e. The smallest absolute Gasteiger partial charge is 0.133 e. The molecule has 1 rings (SSSR count). The van der Waals surface area contributed by atoms with Gasteiger partial charge in [-0.05, 0) is 20.8 Å². The van der Waals surface area contributed by atoms with Gasteiger partial charge in [0, 0.05) is 5.54 Å². The molecule has 0 aromatic carbocycles. The van der Waals surface area contributed by atoms with Crippen molar-refractivity contribution in [1.29, 1.82) is 0 Å². The summed E-state index contributed by atoms with van der Waals surface area (Å²) in [4.78, 5) is 2.22. The van der Waals surface area contributed by atoms with Crippen LogP contribution in [-0.2, 0) is 0 Å². The van der Waals surface area contributed by atoms with Crippen molar-refractivity contribution < 1.29 is 5.06 Å². The molecule has 1 heterocycles. The predicted octanol–water partition coefficient (Wildman–Crippen LogP) is -0.559. The molecule has 10 heavy (non-hydrogen) atoms. The molecular weight excluding hydrogens is 128 g/mol. The molecule has 1 saturated heterocycles. The van der Waals surface area contributed by atoms with E-state index >= 15 is 0 Å². The van der Waals surface area contributed by atoms with Crippen LogP contribution in [0.25, 0.3) is 0 Å². The van der Waals surface area contributed by atoms with E-state index in [4.69, 9.17) is 0 Å². The maximum atomic E-state index is 10.9. The molecule has 0 aromatic rings. The van der Waals surface area contributed by atoms with Gasteiger partial charge in [-0.2, -0.15) is 0 Å². The number of quaternary nitrogens is 1. The van der Waals surface area contributed by atoms with Crippen molar-refractivity contribution in [2.24, 2.45) is 0 Å². The average molecular weight is 144 g/mol. The van der Waals surface area contributed by atoms with Crippen LogP contribution in [0.15, 0.2) is 0 Å². The molecule has 1 fully saturated rings. The van der Waals surface area contributed by atoms with Gasteiger partial charge in [-0.25, -0.2) is 4.90 Å². The maximum Gasteiger partial charge on any atom is 0.133 e. The van der Waals surface area contributed by atoms with E-state index in [0.717, 1.165) is 13.1 Å². The lowest BCUT2D eigenvalue weighted by atomic mass is 10.1. The highest BCUT2D eigenvalue weighted by atomic mass is 16.5. The molecule has 3 nitrogen and oxygen atoms in total. The van der Waals surface area contributed by atoms with Gasteiger partial charge in [0.2, 0.25) is 0 Å². The summed E-state index contributed by atoms with van der Waals surface area (Å²) in [6.45, 7) is 8.78. The van der Waals surface area contributed by atoms with Crippen molar-refractivity contribution in [3.8, 4) is 0 Å². The molecular formula is C7H16N2O. The second kappa shape index (κ2) is 2.49. The third kappa shape index (κ3) is 1.68. The zero-order chi connectivity index (χ0) is 7.78. The third-order valence-electron chi connectivity index (χ3n) is 1.98. The molecule has 0 radical (unpaired) electrons. The average Bonchev–Trinajstić information content (AvgIpc) is 2.11. The van der Waals surface area contributed by atoms with Gasteiger partial charge in [-0.15, -0.1) is 0 Å². The normalized spacial score (nSPS) is 29.4. The van der Waals surface area contributed by atoms with Gasteiger partial charge in [-0.1, -0.05) is 0 Å². The molecule has 1 unspecified atom stereocenters. The lowest BCUT2D eigenvalue weighted by Crippen LogP contribution is -3.05. The quantitative estimate of drug-likeness (QED) is 0.462. The van der Waals surface area contributed by atoms with E-state index in [9.17, 15) is 5.21 Å². The van der Waals surface area contributed by atoms with E-state index in [-0.39, 0.29) is 5.54 Å². The molecule has 1 aliphatic rings. The number of hydrogen-bond acceptors (Lipinski definition) is 2. The van der Waals surface area contributed by atoms with Crippen molar-refractivity contribution in [2.75, 3.05) is 19.8 Å². The topological polar surface area (TPSA) is 30.7 Å². The highest BCUT2D eigenvalue weighted by molar-refractivity contribution is 4.75. The van der Waals surface area contributed by atoms with Crippen LogP contribution < -0.4 is 5.06 Å². The van der Waals surface area contributed by atoms with Gasteiger partial charge in [-0.3, -0.25) is 0 Å². The summed E-state index contributed by atoms with van der Waals surface area (Å²) in [6, 6.07) is 0. The number of hydrogen-bond donors (Lipinski definition) is 1. The third-order valence-corrected chi connectivity index (χ3v) is 1.98. The lowest BCUT2D eigenvalue weighted by molar-refractivity contribution is -0.839. The molecule has 0 aliphatic carbocycles. The molecule has 0 bridgehead atoms. The van der Waals surface area contributed by atoms with Crippen LogP contribution in [0, 0.1) is 5.21 Å². The van der Waals surface area contributed by atoms with Crippen LogP contribution in [0.2, 0.25) is 0 Å². The van der Waals surface area contributed by atoms with Crippen molar-refractivity contribution in [3.05, 3.63) is 5.21 Å². The van der Waals surface area contributed by atoms with E-state index in [1.165, 1.54) is 0 Å². The number of rotatable bonds is 0. The van der Waals surface area contributed by atoms with Gasteiger partial charge in [0.1, 0.15) is 6.67 Å². The number of nitrogens with zero attached hydrogens (tertiary/aromatic N) is 1. The Bertz CT molecular complexity index is 119. The van der Waals surface area contributed by atoms with E-state index in [0.29, 0.717) is 11.7 Å². The summed E-state index contributed by atoms with van der Waals surface area (Å²) in [5.74, 6) is 0. The Morgan fingerprint density at radius 1 is 1.40 bits per heavy atom. The van der Waals surface area contributed by atoms with Gasteiger partial charge in [0.25, 0.3) is 0 Å². The monoisotopic (exact) mass is 144 g/mol. The van der Waals surface area contributed by atoms with Crippen molar-refractivity contribution in [3.63, 3.8) is 0 Å². The van der Waals surface area contributed by atoms with Gasteiger partial charge in [0.15, 0.2) is 0 Å². The molecule has 0 amide bonds. The first kappa shape index (κ1) is 7.98. The van der Waals surface area contributed by atoms with Crippen molar-refractivity contribution in [2.45, 2.75) is 26.3 Å². The molecule has 1 atom stereocenters. The second-order valence-corrected chi connectivity index (χ2v) is 3.88. The van der Waals surface area contributed by atoms with E-state index in [2.05, 4.69) is 25.7 Å². The standard InChI is InChI=1S/C7H16N2O/c1-7(2,3)8-4-5-9(10)6-8/h9H,4-6H2,1-3H3. The summed E-state index contributed by atoms with van der Waals surface area (Å²) in [7, 11) is 0. The first-order valence-electron chi connectivity index (χ1n) is 3.77. The van der Waals surface area contributed by atoms with Gasteiger partial charge >= 0.3 is 0 Å². The fraction of sp³-hybridized carbons (Fsp3) is 1.00. The van der Waals surface area contributed by atoms with Crippen molar-refractivity contribution >= 4 is 0 Å². The zero-order valence-electron chi connectivity index (χ0n) is 6.98. The highest BCUT2D eigenvalue weighted by Gasteiger charge is 2.27. The SMILES string of the molecule is CC(C)(C)N1CC[NH+]([O-])C1. The summed E-state index contributed by atoms with van der Waals surface area (Å²) < 4.78 is 0. The Morgan fingerprint density at radius 3 is 2.20 bits per heavy atom. The second-order valence-electron chi connectivity index (χ2n) is 3.88. The zero-order valence-corrected chi connectivity index (χ0v) is 6.98. The van der Waals surface area contributed by atoms with E-state index < -0.39 is 0 Å². The molecule has 3 heteroatoms. The summed E-state index contributed by atoms with van der Waals surface area (Å²) in [5, 5.41) is 11.2. The lowest BCUT2D eigenvalue weighted by Gasteiger charge is -2.29. The number of hydroxylamine groups is 2. The van der Waals surface area contributed by atoms with Crippen LogP contribution >= 0.6 is 0 Å². The highest BCUT2D eigenvalue weighted by Crippen LogP contribution is 2.11. The fourth-order valence-corrected chi connectivity index (χ4v) is 1.20. The minimum absolute atomic E-state index is 0.173. The Morgan fingerprint density at radius 2 is 2.00 bits per heavy atom. The summed E-state index contributed by atoms with van der Waals surface area (Å²) in [5.41, 5.74) is 0.173. The fourth-order valence-electron chi connectivity index (χ4n) is 1.20. The number of nitrogens with one attached hydrogen (secondary N) is 1. The molecule has 0 aromatic heterocycles. The Balaban J connectivity index is 2.45. The first-order valence-corrected chi connectivity index (χ1v) is 3.77. The van der Waals surface area contributed by atoms with E-state index in [1.54, 1.807) is 0 Å². The van der Waals surface area contributed by atoms with E-state index in [1.807, 2.05) is 0 Å². The summed E-state index contributed by atoms with van der Waals surface area (Å²) >= 11 is 0. The van der Waals surface area contributed by atoms with Gasteiger partial charge < -0.3 is 10.3 Å². The first-order chi connectivity index (χ1) is 4.50. The maximum absolute atomic E-state index is 10.9. The molecule has 0 spiro atoms. The van der Waals surface area contributed by atoms with Crippen molar-refractivity contribution in [1.82, 2.24) is 4.90 Å². The van der Waals surface area contributed by atoms with Crippen LogP contribution in [0.3, 0.4) is 0 Å². The van der Waals surface area contributed by atoms with Crippen LogP contribution in [0.5, 0.6) is 0 Å². The minimum atomic E-state index is 0.173. The van der Waals surface area contributed by atoms with Crippen LogP contribution in [0.4, 0.5) is 0 Å². The Kier molecular flexibility index (Phi) is 1.99. The molecule has 1 N–H and O–H groups in total. The molecule has 1 aliphatic heterocycles. The van der Waals surface area contributed by atoms with Crippen LogP contribution in [-0.4, -0.2) is 30.2 Å². The Hall–Kier alpha value is -0.120. The largest absolute Gasteiger partial charge is 0.633 e. The van der Waals surface area contributed by atoms with Crippen LogP contribution in [0.1, 0.15) is 20.8 Å². The summed E-state index contributed by atoms with van der Waals surface area (Å²) in [6.07, 6.45) is 0. The molecule has 0 saturated carbocycles. The predicted molar refractivity (Wildman–Crippen MR) is 40.5 cm³/mol.